The summed E-state index contributed by atoms with van der Waals surface area (Å²) in [5.74, 6) is 0.690. The first-order valence-electron chi connectivity index (χ1n) is 5.39. The number of rotatable bonds is 1. The van der Waals surface area contributed by atoms with Crippen LogP contribution in [-0.2, 0) is 6.42 Å². The van der Waals surface area contributed by atoms with E-state index in [1.807, 2.05) is 25.2 Å². The minimum Gasteiger partial charge on any atom is -0.423 e. The molecule has 0 saturated carbocycles. The smallest absolute Gasteiger partial charge is 0.343 e. The molecule has 0 spiro atoms. The molecule has 82 valence electrons. The average Bonchev–Trinajstić information content (AvgIpc) is 2.29. The lowest BCUT2D eigenvalue weighted by Crippen LogP contribution is -2.41. The highest BCUT2D eigenvalue weighted by molar-refractivity contribution is 5.53. The van der Waals surface area contributed by atoms with Crippen molar-refractivity contribution in [2.45, 2.75) is 19.8 Å². The van der Waals surface area contributed by atoms with Gasteiger partial charge >= 0.3 is 5.63 Å². The molecule has 2 heteroatoms. The van der Waals surface area contributed by atoms with Gasteiger partial charge in [-0.3, -0.25) is 0 Å². The van der Waals surface area contributed by atoms with Crippen molar-refractivity contribution in [2.24, 2.45) is 0 Å². The largest absolute Gasteiger partial charge is 0.423 e. The zero-order chi connectivity index (χ0) is 11.5. The Labute approximate surface area is 93.9 Å². The molecule has 0 N–H and O–H groups in total. The summed E-state index contributed by atoms with van der Waals surface area (Å²) in [6.07, 6.45) is 11.2. The Morgan fingerprint density at radius 2 is 2.25 bits per heavy atom. The number of hydrogen-bond acceptors (Lipinski definition) is 2. The zero-order valence-electron chi connectivity index (χ0n) is 9.32. The Hall–Kier alpha value is -1.83. The van der Waals surface area contributed by atoms with Crippen molar-refractivity contribution in [1.82, 2.24) is 0 Å². The molecular formula is C14H14O2. The van der Waals surface area contributed by atoms with Crippen LogP contribution in [0.5, 0.6) is 0 Å². The van der Waals surface area contributed by atoms with Crippen molar-refractivity contribution in [1.29, 1.82) is 0 Å². The molecule has 2 nitrogen and oxygen atoms in total. The normalized spacial score (nSPS) is 16.3. The van der Waals surface area contributed by atoms with E-state index in [1.54, 1.807) is 12.2 Å². The molecular weight excluding hydrogens is 200 g/mol. The number of fused-ring (bicyclic) bond motifs is 1. The molecule has 2 rings (SSSR count). The lowest BCUT2D eigenvalue weighted by molar-refractivity contribution is 0.483. The van der Waals surface area contributed by atoms with Crippen LogP contribution >= 0.6 is 0 Å². The summed E-state index contributed by atoms with van der Waals surface area (Å²) in [6, 6.07) is 0. The quantitative estimate of drug-likeness (QED) is 0.706. The highest BCUT2D eigenvalue weighted by Gasteiger charge is 2.10. The molecule has 0 aromatic carbocycles. The van der Waals surface area contributed by atoms with Crippen LogP contribution in [0.25, 0.3) is 18.2 Å². The minimum atomic E-state index is -0.277. The van der Waals surface area contributed by atoms with Gasteiger partial charge in [-0.1, -0.05) is 30.9 Å². The Morgan fingerprint density at radius 3 is 2.94 bits per heavy atom. The zero-order valence-corrected chi connectivity index (χ0v) is 9.32. The van der Waals surface area contributed by atoms with E-state index in [9.17, 15) is 4.79 Å². The predicted octanol–water partition coefficient (Wildman–Crippen LogP) is 1.37. The molecule has 1 aliphatic carbocycles. The van der Waals surface area contributed by atoms with Crippen LogP contribution in [0, 0.1) is 0 Å². The molecule has 1 heterocycles. The molecule has 16 heavy (non-hydrogen) atoms. The van der Waals surface area contributed by atoms with E-state index < -0.39 is 0 Å². The Bertz CT molecular complexity index is 615. The van der Waals surface area contributed by atoms with Gasteiger partial charge in [-0.2, -0.15) is 0 Å². The second kappa shape index (κ2) is 4.35. The molecule has 0 saturated heterocycles. The number of hydrogen-bond donors (Lipinski definition) is 0. The Balaban J connectivity index is 2.98. The summed E-state index contributed by atoms with van der Waals surface area (Å²) in [7, 11) is 0. The third-order valence-corrected chi connectivity index (χ3v) is 2.74. The van der Waals surface area contributed by atoms with Crippen molar-refractivity contribution in [3.63, 3.8) is 0 Å². The van der Waals surface area contributed by atoms with Crippen LogP contribution < -0.4 is 16.1 Å². The lowest BCUT2D eigenvalue weighted by atomic mass is 10.00. The van der Waals surface area contributed by atoms with Crippen LogP contribution in [0.15, 0.2) is 27.9 Å². The molecule has 0 atom stereocenters. The molecule has 1 aromatic heterocycles. The minimum absolute atomic E-state index is 0.277. The van der Waals surface area contributed by atoms with E-state index in [0.717, 1.165) is 23.6 Å². The van der Waals surface area contributed by atoms with Gasteiger partial charge in [-0.15, -0.1) is 0 Å². The van der Waals surface area contributed by atoms with Gasteiger partial charge in [0.05, 0.1) is 5.22 Å². The second-order valence-electron chi connectivity index (χ2n) is 3.69. The first-order valence-corrected chi connectivity index (χ1v) is 5.39. The second-order valence-corrected chi connectivity index (χ2v) is 3.69. The van der Waals surface area contributed by atoms with Crippen LogP contribution in [0.2, 0.25) is 0 Å². The van der Waals surface area contributed by atoms with Crippen molar-refractivity contribution in [3.05, 3.63) is 50.9 Å². The summed E-state index contributed by atoms with van der Waals surface area (Å²) in [6.45, 7) is 5.53. The van der Waals surface area contributed by atoms with Gasteiger partial charge in [-0.05, 0) is 31.1 Å². The highest BCUT2D eigenvalue weighted by Crippen LogP contribution is 2.12. The fourth-order valence-electron chi connectivity index (χ4n) is 2.01. The highest BCUT2D eigenvalue weighted by atomic mass is 16.4. The summed E-state index contributed by atoms with van der Waals surface area (Å²) in [4.78, 5) is 11.7. The topological polar surface area (TPSA) is 30.2 Å². The predicted molar refractivity (Wildman–Crippen MR) is 66.4 cm³/mol. The van der Waals surface area contributed by atoms with Crippen LogP contribution in [0.3, 0.4) is 0 Å². The van der Waals surface area contributed by atoms with E-state index in [0.29, 0.717) is 11.0 Å². The maximum Gasteiger partial charge on any atom is 0.343 e. The number of allylic oxidation sites excluding steroid dienone is 2. The van der Waals surface area contributed by atoms with Crippen LogP contribution in [0.1, 0.15) is 24.7 Å². The first kappa shape index (κ1) is 10.7. The van der Waals surface area contributed by atoms with Crippen molar-refractivity contribution in [3.8, 4) is 0 Å². The maximum absolute atomic E-state index is 11.7. The maximum atomic E-state index is 11.7. The average molecular weight is 214 g/mol. The molecule has 0 unspecified atom stereocenters. The summed E-state index contributed by atoms with van der Waals surface area (Å²) in [5, 5.41) is 1.59. The van der Waals surface area contributed by atoms with Crippen molar-refractivity contribution < 1.29 is 4.42 Å². The molecule has 1 aromatic rings. The van der Waals surface area contributed by atoms with E-state index in [-0.39, 0.29) is 5.63 Å². The third-order valence-electron chi connectivity index (χ3n) is 2.74. The van der Waals surface area contributed by atoms with Gasteiger partial charge in [0.1, 0.15) is 5.76 Å². The standard InChI is InChI=1S/C14H14O2/c1-3-7-11-10(4-2)14(15)16-13-9-6-5-8-12(11)13/h3-4,6-7,9H,1,5,8H2,2H3/b10-4+,11-7+. The molecule has 1 aliphatic rings. The van der Waals surface area contributed by atoms with E-state index in [1.165, 1.54) is 0 Å². The van der Waals surface area contributed by atoms with Crippen LogP contribution in [-0.4, -0.2) is 0 Å². The molecule has 0 radical (unpaired) electrons. The lowest BCUT2D eigenvalue weighted by Gasteiger charge is -2.09. The van der Waals surface area contributed by atoms with E-state index in [4.69, 9.17) is 4.42 Å². The monoisotopic (exact) mass is 214 g/mol. The molecule has 0 amide bonds. The van der Waals surface area contributed by atoms with Gasteiger partial charge in [-0.25, -0.2) is 4.79 Å². The molecule has 0 bridgehead atoms. The Morgan fingerprint density at radius 1 is 1.44 bits per heavy atom. The molecule has 0 fully saturated rings. The third kappa shape index (κ3) is 1.67. The first-order chi connectivity index (χ1) is 7.77. The van der Waals surface area contributed by atoms with Crippen molar-refractivity contribution >= 4 is 18.2 Å². The summed E-state index contributed by atoms with van der Waals surface area (Å²) < 4.78 is 5.28. The molecule has 0 aliphatic heterocycles. The van der Waals surface area contributed by atoms with Gasteiger partial charge in [0.2, 0.25) is 0 Å². The Kier molecular flexibility index (Phi) is 2.91. The summed E-state index contributed by atoms with van der Waals surface area (Å²) in [5.41, 5.74) is 0.830. The summed E-state index contributed by atoms with van der Waals surface area (Å²) >= 11 is 0. The fraction of sp³-hybridized carbons (Fsp3) is 0.214. The van der Waals surface area contributed by atoms with E-state index in [2.05, 4.69) is 6.58 Å². The SMILES string of the molecule is C=C/C=c1/c2c(oc(=O)/c1=C/C)C=CCC2. The van der Waals surface area contributed by atoms with Crippen LogP contribution in [0.4, 0.5) is 0 Å². The fourth-order valence-corrected chi connectivity index (χ4v) is 2.01. The van der Waals surface area contributed by atoms with Crippen molar-refractivity contribution in [2.75, 3.05) is 0 Å². The van der Waals surface area contributed by atoms with E-state index >= 15 is 0 Å². The van der Waals surface area contributed by atoms with Gasteiger partial charge in [0.15, 0.2) is 0 Å². The van der Waals surface area contributed by atoms with Gasteiger partial charge in [0.25, 0.3) is 0 Å². The van der Waals surface area contributed by atoms with Gasteiger partial charge < -0.3 is 4.42 Å². The van der Waals surface area contributed by atoms with Gasteiger partial charge in [0, 0.05) is 5.56 Å².